The van der Waals surface area contributed by atoms with Gasteiger partial charge in [0.1, 0.15) is 0 Å². The maximum atomic E-state index is 12.0. The lowest BCUT2D eigenvalue weighted by atomic mass is 10.2. The summed E-state index contributed by atoms with van der Waals surface area (Å²) >= 11 is 0. The number of aromatic nitrogens is 2. The van der Waals surface area contributed by atoms with Crippen LogP contribution in [-0.4, -0.2) is 45.6 Å². The molecule has 7 heteroatoms. The highest BCUT2D eigenvalue weighted by Gasteiger charge is 2.20. The minimum absolute atomic E-state index is 0.0141. The summed E-state index contributed by atoms with van der Waals surface area (Å²) < 4.78 is 2.05. The standard InChI is InChI=1S/C20H33N5O2/c1-15(2)13-24-9-10-25-18(14-24)11-17(23-25)12-21-19(26)7-8-20(27)22-16-5-3-4-6-16/h11,15-16H,3-10,12-14H2,1-2H3,(H,21,26)(H,22,27). The van der Waals surface area contributed by atoms with E-state index in [0.29, 0.717) is 18.5 Å². The van der Waals surface area contributed by atoms with E-state index in [1.165, 1.54) is 18.5 Å². The average Bonchev–Trinajstić information content (AvgIpc) is 3.26. The molecule has 0 atom stereocenters. The van der Waals surface area contributed by atoms with E-state index in [1.54, 1.807) is 0 Å². The van der Waals surface area contributed by atoms with Crippen molar-refractivity contribution < 1.29 is 9.59 Å². The Hall–Kier alpha value is -1.89. The van der Waals surface area contributed by atoms with Gasteiger partial charge in [-0.3, -0.25) is 19.2 Å². The summed E-state index contributed by atoms with van der Waals surface area (Å²) in [5.41, 5.74) is 2.10. The monoisotopic (exact) mass is 375 g/mol. The molecule has 1 saturated carbocycles. The Morgan fingerprint density at radius 2 is 1.93 bits per heavy atom. The topological polar surface area (TPSA) is 79.3 Å². The second-order valence-corrected chi connectivity index (χ2v) is 8.30. The number of fused-ring (bicyclic) bond motifs is 1. The Balaban J connectivity index is 1.38. The quantitative estimate of drug-likeness (QED) is 0.726. The Labute approximate surface area is 161 Å². The molecule has 27 heavy (non-hydrogen) atoms. The van der Waals surface area contributed by atoms with Crippen LogP contribution in [0.3, 0.4) is 0 Å². The third kappa shape index (κ3) is 6.06. The highest BCUT2D eigenvalue weighted by Crippen LogP contribution is 2.18. The molecule has 0 aromatic carbocycles. The van der Waals surface area contributed by atoms with Crippen molar-refractivity contribution >= 4 is 11.8 Å². The summed E-state index contributed by atoms with van der Waals surface area (Å²) in [5, 5.41) is 10.5. The zero-order valence-corrected chi connectivity index (χ0v) is 16.7. The van der Waals surface area contributed by atoms with E-state index < -0.39 is 0 Å². The van der Waals surface area contributed by atoms with Crippen LogP contribution in [0.5, 0.6) is 0 Å². The van der Waals surface area contributed by atoms with E-state index in [9.17, 15) is 9.59 Å². The zero-order chi connectivity index (χ0) is 19.2. The summed E-state index contributed by atoms with van der Waals surface area (Å²) in [6.07, 6.45) is 5.00. The molecule has 1 aromatic heterocycles. The number of nitrogens with zero attached hydrogens (tertiary/aromatic N) is 3. The summed E-state index contributed by atoms with van der Waals surface area (Å²) in [6.45, 7) is 8.84. The van der Waals surface area contributed by atoms with Crippen molar-refractivity contribution in [3.05, 3.63) is 17.5 Å². The van der Waals surface area contributed by atoms with Crippen molar-refractivity contribution in [1.82, 2.24) is 25.3 Å². The zero-order valence-electron chi connectivity index (χ0n) is 16.7. The second-order valence-electron chi connectivity index (χ2n) is 8.30. The molecule has 2 amide bonds. The molecule has 2 aliphatic rings. The van der Waals surface area contributed by atoms with Gasteiger partial charge >= 0.3 is 0 Å². The molecule has 1 aliphatic heterocycles. The first-order chi connectivity index (χ1) is 13.0. The summed E-state index contributed by atoms with van der Waals surface area (Å²) in [6, 6.07) is 2.40. The van der Waals surface area contributed by atoms with Gasteiger partial charge < -0.3 is 10.6 Å². The van der Waals surface area contributed by atoms with Gasteiger partial charge in [0, 0.05) is 38.5 Å². The van der Waals surface area contributed by atoms with Gasteiger partial charge in [0.05, 0.1) is 24.5 Å². The Morgan fingerprint density at radius 3 is 2.67 bits per heavy atom. The SMILES string of the molecule is CC(C)CN1CCn2nc(CNC(=O)CCC(=O)NC3CCCC3)cc2C1. The van der Waals surface area contributed by atoms with Crippen LogP contribution < -0.4 is 10.6 Å². The van der Waals surface area contributed by atoms with Crippen LogP contribution in [0, 0.1) is 5.92 Å². The smallest absolute Gasteiger partial charge is 0.220 e. The predicted molar refractivity (Wildman–Crippen MR) is 104 cm³/mol. The van der Waals surface area contributed by atoms with Gasteiger partial charge in [-0.15, -0.1) is 0 Å². The van der Waals surface area contributed by atoms with Crippen molar-refractivity contribution in [3.8, 4) is 0 Å². The van der Waals surface area contributed by atoms with Crippen molar-refractivity contribution in [2.45, 2.75) is 78.0 Å². The molecule has 1 aliphatic carbocycles. The fraction of sp³-hybridized carbons (Fsp3) is 0.750. The number of hydrogen-bond donors (Lipinski definition) is 2. The number of nitrogens with one attached hydrogen (secondary N) is 2. The molecule has 0 spiro atoms. The van der Waals surface area contributed by atoms with Crippen molar-refractivity contribution in [3.63, 3.8) is 0 Å². The molecule has 1 aromatic rings. The number of amides is 2. The normalized spacial score (nSPS) is 17.9. The number of rotatable bonds is 8. The highest BCUT2D eigenvalue weighted by molar-refractivity contribution is 5.83. The maximum absolute atomic E-state index is 12.0. The fourth-order valence-electron chi connectivity index (χ4n) is 4.01. The molecule has 0 saturated heterocycles. The lowest BCUT2D eigenvalue weighted by Gasteiger charge is -2.28. The summed E-state index contributed by atoms with van der Waals surface area (Å²) in [7, 11) is 0. The molecule has 0 radical (unpaired) electrons. The Bertz CT molecular complexity index is 649. The van der Waals surface area contributed by atoms with E-state index >= 15 is 0 Å². The number of carbonyl (C=O) groups excluding carboxylic acids is 2. The van der Waals surface area contributed by atoms with Crippen molar-refractivity contribution in [2.24, 2.45) is 5.92 Å². The van der Waals surface area contributed by atoms with Gasteiger partial charge in [0.2, 0.25) is 11.8 Å². The van der Waals surface area contributed by atoms with Gasteiger partial charge in [0.15, 0.2) is 0 Å². The molecule has 0 unspecified atom stereocenters. The summed E-state index contributed by atoms with van der Waals surface area (Å²) in [4.78, 5) is 26.4. The van der Waals surface area contributed by atoms with Crippen LogP contribution in [-0.2, 0) is 29.2 Å². The molecule has 3 rings (SSSR count). The lowest BCUT2D eigenvalue weighted by Crippen LogP contribution is -2.36. The van der Waals surface area contributed by atoms with Gasteiger partial charge in [-0.05, 0) is 24.8 Å². The van der Waals surface area contributed by atoms with E-state index in [-0.39, 0.29) is 24.7 Å². The predicted octanol–water partition coefficient (Wildman–Crippen LogP) is 1.81. The molecule has 2 heterocycles. The summed E-state index contributed by atoms with van der Waals surface area (Å²) in [5.74, 6) is 0.549. The number of carbonyl (C=O) groups is 2. The lowest BCUT2D eigenvalue weighted by molar-refractivity contribution is -0.126. The van der Waals surface area contributed by atoms with Gasteiger partial charge in [-0.2, -0.15) is 5.10 Å². The van der Waals surface area contributed by atoms with Crippen LogP contribution in [0.4, 0.5) is 0 Å². The largest absolute Gasteiger partial charge is 0.353 e. The first kappa shape index (κ1) is 19.9. The van der Waals surface area contributed by atoms with Crippen molar-refractivity contribution in [1.29, 1.82) is 0 Å². The first-order valence-electron chi connectivity index (χ1n) is 10.3. The molecule has 7 nitrogen and oxygen atoms in total. The highest BCUT2D eigenvalue weighted by atomic mass is 16.2. The van der Waals surface area contributed by atoms with Crippen LogP contribution >= 0.6 is 0 Å². The molecular formula is C20H33N5O2. The van der Waals surface area contributed by atoms with E-state index in [1.807, 2.05) is 4.68 Å². The van der Waals surface area contributed by atoms with Crippen LogP contribution in [0.25, 0.3) is 0 Å². The van der Waals surface area contributed by atoms with E-state index in [2.05, 4.69) is 40.5 Å². The molecule has 150 valence electrons. The Kier molecular flexibility index (Phi) is 6.88. The third-order valence-electron chi connectivity index (χ3n) is 5.32. The van der Waals surface area contributed by atoms with Crippen molar-refractivity contribution in [2.75, 3.05) is 13.1 Å². The molecule has 1 fully saturated rings. The fourth-order valence-corrected chi connectivity index (χ4v) is 4.01. The van der Waals surface area contributed by atoms with E-state index in [0.717, 1.165) is 44.7 Å². The van der Waals surface area contributed by atoms with Crippen LogP contribution in [0.15, 0.2) is 6.07 Å². The molecule has 2 N–H and O–H groups in total. The molecule has 0 bridgehead atoms. The van der Waals surface area contributed by atoms with E-state index in [4.69, 9.17) is 0 Å². The second kappa shape index (κ2) is 9.35. The van der Waals surface area contributed by atoms with Crippen LogP contribution in [0.1, 0.15) is 63.8 Å². The third-order valence-corrected chi connectivity index (χ3v) is 5.32. The minimum atomic E-state index is -0.0935. The van der Waals surface area contributed by atoms with Gasteiger partial charge in [-0.1, -0.05) is 26.7 Å². The van der Waals surface area contributed by atoms with Crippen LogP contribution in [0.2, 0.25) is 0 Å². The Morgan fingerprint density at radius 1 is 1.19 bits per heavy atom. The molecular weight excluding hydrogens is 342 g/mol. The first-order valence-corrected chi connectivity index (χ1v) is 10.3. The minimum Gasteiger partial charge on any atom is -0.353 e. The maximum Gasteiger partial charge on any atom is 0.220 e. The van der Waals surface area contributed by atoms with Gasteiger partial charge in [0.25, 0.3) is 0 Å². The average molecular weight is 376 g/mol. The van der Waals surface area contributed by atoms with Gasteiger partial charge in [-0.25, -0.2) is 0 Å². The number of hydrogen-bond acceptors (Lipinski definition) is 4.